The van der Waals surface area contributed by atoms with Crippen molar-refractivity contribution < 1.29 is 32.2 Å². The van der Waals surface area contributed by atoms with Gasteiger partial charge in [0.25, 0.3) is 0 Å². The van der Waals surface area contributed by atoms with Crippen molar-refractivity contribution in [1.82, 2.24) is 4.98 Å². The van der Waals surface area contributed by atoms with E-state index in [1.54, 1.807) is 0 Å². The summed E-state index contributed by atoms with van der Waals surface area (Å²) in [4.78, 5) is 13.7. The van der Waals surface area contributed by atoms with E-state index in [4.69, 9.17) is 16.7 Å². The first-order valence-electron chi connectivity index (χ1n) is 4.44. The van der Waals surface area contributed by atoms with Crippen molar-refractivity contribution in [2.75, 3.05) is 0 Å². The van der Waals surface area contributed by atoms with Crippen LogP contribution in [0.5, 0.6) is 5.75 Å². The highest BCUT2D eigenvalue weighted by molar-refractivity contribution is 6.16. The van der Waals surface area contributed by atoms with Gasteiger partial charge in [-0.15, -0.1) is 24.8 Å². The number of ether oxygens (including phenoxy) is 1. The molecule has 0 aliphatic heterocycles. The van der Waals surface area contributed by atoms with E-state index in [2.05, 4.69) is 9.72 Å². The summed E-state index contributed by atoms with van der Waals surface area (Å²) in [5, 5.41) is 8.48. The molecule has 0 aliphatic carbocycles. The van der Waals surface area contributed by atoms with Gasteiger partial charge >= 0.3 is 12.3 Å². The number of alkyl halides is 4. The number of carboxylic acid groups (broad SMARTS) is 1. The number of hydrogen-bond acceptors (Lipinski definition) is 3. The Morgan fingerprint density at radius 3 is 2.56 bits per heavy atom. The second-order valence-electron chi connectivity index (χ2n) is 3.13. The van der Waals surface area contributed by atoms with Gasteiger partial charge in [-0.2, -0.15) is 4.39 Å². The third-order valence-electron chi connectivity index (χ3n) is 1.78. The topological polar surface area (TPSA) is 59.4 Å². The fourth-order valence-electron chi connectivity index (χ4n) is 1.16. The molecular formula is C9H6ClF4NO3. The van der Waals surface area contributed by atoms with Crippen molar-refractivity contribution in [3.05, 3.63) is 23.3 Å². The van der Waals surface area contributed by atoms with Crippen LogP contribution < -0.4 is 4.74 Å². The van der Waals surface area contributed by atoms with Crippen LogP contribution in [0.25, 0.3) is 0 Å². The SMILES string of the molecule is O=C(O)Cc1c(OC(F)(F)F)cc(CCl)nc1F. The van der Waals surface area contributed by atoms with Crippen molar-refractivity contribution in [2.45, 2.75) is 18.7 Å². The van der Waals surface area contributed by atoms with Crippen LogP contribution in [0.3, 0.4) is 0 Å². The minimum atomic E-state index is -5.06. The van der Waals surface area contributed by atoms with E-state index in [0.29, 0.717) is 0 Å². The van der Waals surface area contributed by atoms with Gasteiger partial charge in [0.1, 0.15) is 5.75 Å². The molecule has 0 fully saturated rings. The zero-order valence-corrected chi connectivity index (χ0v) is 9.35. The molecule has 1 N–H and O–H groups in total. The van der Waals surface area contributed by atoms with Crippen LogP contribution in [0.2, 0.25) is 0 Å². The maximum Gasteiger partial charge on any atom is 0.573 e. The van der Waals surface area contributed by atoms with E-state index in [1.807, 2.05) is 0 Å². The summed E-state index contributed by atoms with van der Waals surface area (Å²) in [5.41, 5.74) is -0.976. The molecule has 1 aromatic heterocycles. The standard InChI is InChI=1S/C9H6ClF4NO3/c10-3-4-1-6(18-9(12,13)14)5(2-7(16)17)8(11)15-4/h1H,2-3H2,(H,16,17). The summed E-state index contributed by atoms with van der Waals surface area (Å²) >= 11 is 5.32. The Morgan fingerprint density at radius 1 is 1.50 bits per heavy atom. The number of carbonyl (C=O) groups is 1. The first-order chi connectivity index (χ1) is 8.23. The first kappa shape index (κ1) is 14.5. The second kappa shape index (κ2) is 5.38. The number of nitrogens with zero attached hydrogens (tertiary/aromatic N) is 1. The average Bonchev–Trinajstić information content (AvgIpc) is 2.20. The van der Waals surface area contributed by atoms with Crippen LogP contribution >= 0.6 is 11.6 Å². The summed E-state index contributed by atoms with van der Waals surface area (Å²) in [7, 11) is 0. The second-order valence-corrected chi connectivity index (χ2v) is 3.40. The van der Waals surface area contributed by atoms with Gasteiger partial charge in [-0.25, -0.2) is 4.98 Å². The molecule has 1 rings (SSSR count). The zero-order valence-electron chi connectivity index (χ0n) is 8.59. The van der Waals surface area contributed by atoms with Crippen molar-refractivity contribution in [3.8, 4) is 5.75 Å². The predicted octanol–water partition coefficient (Wildman–Crippen LogP) is 2.49. The molecular weight excluding hydrogens is 282 g/mol. The van der Waals surface area contributed by atoms with E-state index in [-0.39, 0.29) is 11.6 Å². The van der Waals surface area contributed by atoms with Crippen molar-refractivity contribution in [2.24, 2.45) is 0 Å². The largest absolute Gasteiger partial charge is 0.573 e. The molecule has 0 bridgehead atoms. The minimum Gasteiger partial charge on any atom is -0.481 e. The molecule has 0 unspecified atom stereocenters. The summed E-state index contributed by atoms with van der Waals surface area (Å²) in [6.45, 7) is 0. The number of pyridine rings is 1. The van der Waals surface area contributed by atoms with Crippen LogP contribution in [-0.4, -0.2) is 22.4 Å². The molecule has 0 radical (unpaired) electrons. The molecule has 0 amide bonds. The molecule has 0 aliphatic rings. The number of aliphatic carboxylic acids is 1. The first-order valence-corrected chi connectivity index (χ1v) is 4.98. The lowest BCUT2D eigenvalue weighted by atomic mass is 10.1. The van der Waals surface area contributed by atoms with E-state index < -0.39 is 36.0 Å². The fraction of sp³-hybridized carbons (Fsp3) is 0.333. The van der Waals surface area contributed by atoms with E-state index in [0.717, 1.165) is 6.07 Å². The molecule has 18 heavy (non-hydrogen) atoms. The number of halogens is 5. The Hall–Kier alpha value is -1.57. The van der Waals surface area contributed by atoms with Gasteiger partial charge in [0.2, 0.25) is 5.95 Å². The lowest BCUT2D eigenvalue weighted by Gasteiger charge is -2.13. The highest BCUT2D eigenvalue weighted by atomic mass is 35.5. The Kier molecular flexibility index (Phi) is 4.33. The Balaban J connectivity index is 3.24. The quantitative estimate of drug-likeness (QED) is 0.525. The Labute approximate surface area is 103 Å². The molecule has 0 saturated heterocycles. The highest BCUT2D eigenvalue weighted by Crippen LogP contribution is 2.29. The van der Waals surface area contributed by atoms with Gasteiger partial charge < -0.3 is 9.84 Å². The molecule has 0 aromatic carbocycles. The van der Waals surface area contributed by atoms with Crippen LogP contribution in [-0.2, 0) is 17.1 Å². The maximum absolute atomic E-state index is 13.4. The van der Waals surface area contributed by atoms with Gasteiger partial charge in [0.15, 0.2) is 0 Å². The van der Waals surface area contributed by atoms with E-state index in [1.165, 1.54) is 0 Å². The normalized spacial score (nSPS) is 11.4. The van der Waals surface area contributed by atoms with Crippen molar-refractivity contribution in [3.63, 3.8) is 0 Å². The Morgan fingerprint density at radius 2 is 2.11 bits per heavy atom. The van der Waals surface area contributed by atoms with Crippen LogP contribution in [0.15, 0.2) is 6.07 Å². The summed E-state index contributed by atoms with van der Waals surface area (Å²) in [6.07, 6.45) is -6.04. The lowest BCUT2D eigenvalue weighted by molar-refractivity contribution is -0.275. The molecule has 0 saturated carbocycles. The molecule has 0 spiro atoms. The van der Waals surface area contributed by atoms with Gasteiger partial charge in [-0.1, -0.05) is 0 Å². The zero-order chi connectivity index (χ0) is 13.9. The molecule has 9 heteroatoms. The third-order valence-corrected chi connectivity index (χ3v) is 2.05. The van der Waals surface area contributed by atoms with Crippen LogP contribution in [0, 0.1) is 5.95 Å². The number of carboxylic acids is 1. The molecule has 4 nitrogen and oxygen atoms in total. The third kappa shape index (κ3) is 4.02. The van der Waals surface area contributed by atoms with E-state index >= 15 is 0 Å². The number of hydrogen-bond donors (Lipinski definition) is 1. The average molecular weight is 288 g/mol. The minimum absolute atomic E-state index is 0.192. The van der Waals surface area contributed by atoms with Crippen LogP contribution in [0.4, 0.5) is 17.6 Å². The molecule has 1 heterocycles. The van der Waals surface area contributed by atoms with Gasteiger partial charge in [0.05, 0.1) is 23.6 Å². The number of rotatable bonds is 4. The number of aromatic nitrogens is 1. The van der Waals surface area contributed by atoms with Crippen LogP contribution in [0.1, 0.15) is 11.3 Å². The van der Waals surface area contributed by atoms with E-state index in [9.17, 15) is 22.4 Å². The monoisotopic (exact) mass is 287 g/mol. The van der Waals surface area contributed by atoms with Gasteiger partial charge in [-0.05, 0) is 0 Å². The Bertz CT molecular complexity index is 464. The summed E-state index contributed by atoms with van der Waals surface area (Å²) in [6, 6.07) is 0.752. The molecule has 0 atom stereocenters. The van der Waals surface area contributed by atoms with Gasteiger partial charge in [-0.3, -0.25) is 4.79 Å². The summed E-state index contributed by atoms with van der Waals surface area (Å²) in [5.74, 6) is -4.15. The molecule has 100 valence electrons. The summed E-state index contributed by atoms with van der Waals surface area (Å²) < 4.78 is 53.1. The predicted molar refractivity (Wildman–Crippen MR) is 51.8 cm³/mol. The van der Waals surface area contributed by atoms with Crippen molar-refractivity contribution in [1.29, 1.82) is 0 Å². The smallest absolute Gasteiger partial charge is 0.481 e. The maximum atomic E-state index is 13.4. The highest BCUT2D eigenvalue weighted by Gasteiger charge is 2.33. The molecule has 1 aromatic rings. The fourth-order valence-corrected chi connectivity index (χ4v) is 1.30. The lowest BCUT2D eigenvalue weighted by Crippen LogP contribution is -2.20. The van der Waals surface area contributed by atoms with Crippen molar-refractivity contribution >= 4 is 17.6 Å². The van der Waals surface area contributed by atoms with Gasteiger partial charge in [0, 0.05) is 6.07 Å².